The first-order valence-electron chi connectivity index (χ1n) is 4.26. The zero-order valence-corrected chi connectivity index (χ0v) is 7.99. The van der Waals surface area contributed by atoms with Crippen LogP contribution in [0.15, 0.2) is 18.2 Å². The molecule has 1 aromatic rings. The van der Waals surface area contributed by atoms with Crippen LogP contribution < -0.4 is 0 Å². The summed E-state index contributed by atoms with van der Waals surface area (Å²) in [6.45, 7) is 1.69. The molecule has 0 heterocycles. The molecule has 0 aromatic heterocycles. The Morgan fingerprint density at radius 3 is 2.67 bits per heavy atom. The molecule has 15 heavy (non-hydrogen) atoms. The van der Waals surface area contributed by atoms with Gasteiger partial charge < -0.3 is 9.84 Å². The molecule has 0 atom stereocenters. The summed E-state index contributed by atoms with van der Waals surface area (Å²) in [4.78, 5) is 22.0. The smallest absolute Gasteiger partial charge is 0.339 e. The number of carbonyl (C=O) groups excluding carboxylic acids is 1. The number of benzene rings is 1. The van der Waals surface area contributed by atoms with Gasteiger partial charge in [-0.05, 0) is 19.1 Å². The molecule has 1 N–H and O–H groups in total. The molecule has 4 nitrogen and oxygen atoms in total. The van der Waals surface area contributed by atoms with E-state index in [4.69, 9.17) is 5.11 Å². The fraction of sp³-hybridized carbons (Fsp3) is 0.200. The Labute approximate surface area is 85.3 Å². The fourth-order valence-electron chi connectivity index (χ4n) is 1.12. The molecule has 0 bridgehead atoms. The summed E-state index contributed by atoms with van der Waals surface area (Å²) >= 11 is 0. The van der Waals surface area contributed by atoms with Crippen LogP contribution in [0.25, 0.3) is 0 Å². The van der Waals surface area contributed by atoms with Crippen LogP contribution in [-0.2, 0) is 4.74 Å². The van der Waals surface area contributed by atoms with E-state index in [0.29, 0.717) is 0 Å². The molecule has 0 saturated heterocycles. The van der Waals surface area contributed by atoms with Gasteiger partial charge in [-0.15, -0.1) is 0 Å². The molecule has 1 aromatic carbocycles. The topological polar surface area (TPSA) is 63.6 Å². The molecule has 80 valence electrons. The number of hydrogen-bond acceptors (Lipinski definition) is 3. The lowest BCUT2D eigenvalue weighted by molar-refractivity contribution is 0.0513. The summed E-state index contributed by atoms with van der Waals surface area (Å²) in [7, 11) is 0. The molecule has 0 spiro atoms. The van der Waals surface area contributed by atoms with E-state index in [2.05, 4.69) is 4.74 Å². The van der Waals surface area contributed by atoms with Crippen LogP contribution in [0.2, 0.25) is 0 Å². The highest BCUT2D eigenvalue weighted by atomic mass is 19.1. The van der Waals surface area contributed by atoms with E-state index in [-0.39, 0.29) is 12.2 Å². The molecule has 5 heteroatoms. The van der Waals surface area contributed by atoms with Gasteiger partial charge in [0.15, 0.2) is 0 Å². The maximum Gasteiger partial charge on any atom is 0.339 e. The third-order valence-corrected chi connectivity index (χ3v) is 1.72. The van der Waals surface area contributed by atoms with Crippen molar-refractivity contribution in [2.24, 2.45) is 0 Å². The number of rotatable bonds is 3. The molecule has 0 unspecified atom stereocenters. The third kappa shape index (κ3) is 2.31. The Bertz CT molecular complexity index is 400. The van der Waals surface area contributed by atoms with Gasteiger partial charge in [0, 0.05) is 0 Å². The normalized spacial score (nSPS) is 9.73. The maximum atomic E-state index is 13.1. The minimum Gasteiger partial charge on any atom is -0.478 e. The van der Waals surface area contributed by atoms with Gasteiger partial charge >= 0.3 is 11.9 Å². The van der Waals surface area contributed by atoms with Crippen molar-refractivity contribution in [1.29, 1.82) is 0 Å². The predicted molar refractivity (Wildman–Crippen MR) is 49.3 cm³/mol. The second-order valence-corrected chi connectivity index (χ2v) is 2.69. The molecule has 0 radical (unpaired) electrons. The van der Waals surface area contributed by atoms with Crippen molar-refractivity contribution in [1.82, 2.24) is 0 Å². The number of carboxylic acid groups (broad SMARTS) is 1. The van der Waals surface area contributed by atoms with Crippen molar-refractivity contribution < 1.29 is 23.8 Å². The Kier molecular flexibility index (Phi) is 3.38. The van der Waals surface area contributed by atoms with Crippen LogP contribution in [-0.4, -0.2) is 23.7 Å². The number of carbonyl (C=O) groups is 2. The molecule has 0 fully saturated rings. The van der Waals surface area contributed by atoms with Gasteiger partial charge in [0.05, 0.1) is 12.2 Å². The molecular formula is C10H9FO4. The maximum absolute atomic E-state index is 13.1. The van der Waals surface area contributed by atoms with E-state index in [9.17, 15) is 14.0 Å². The lowest BCUT2D eigenvalue weighted by Crippen LogP contribution is -2.13. The van der Waals surface area contributed by atoms with E-state index in [1.807, 2.05) is 0 Å². The van der Waals surface area contributed by atoms with Crippen molar-refractivity contribution in [2.75, 3.05) is 6.61 Å². The monoisotopic (exact) mass is 212 g/mol. The lowest BCUT2D eigenvalue weighted by atomic mass is 10.1. The van der Waals surface area contributed by atoms with Crippen molar-refractivity contribution in [3.63, 3.8) is 0 Å². The van der Waals surface area contributed by atoms with Gasteiger partial charge in [-0.25, -0.2) is 14.0 Å². The first-order valence-corrected chi connectivity index (χ1v) is 4.26. The summed E-state index contributed by atoms with van der Waals surface area (Å²) in [5.74, 6) is -3.28. The molecule has 0 amide bonds. The molecule has 0 aliphatic rings. The third-order valence-electron chi connectivity index (χ3n) is 1.72. The van der Waals surface area contributed by atoms with Gasteiger partial charge in [0.25, 0.3) is 0 Å². The van der Waals surface area contributed by atoms with E-state index in [1.165, 1.54) is 12.1 Å². The van der Waals surface area contributed by atoms with Crippen LogP contribution >= 0.6 is 0 Å². The van der Waals surface area contributed by atoms with Crippen LogP contribution in [0.4, 0.5) is 4.39 Å². The van der Waals surface area contributed by atoms with Crippen molar-refractivity contribution in [3.05, 3.63) is 35.1 Å². The minimum absolute atomic E-state index is 0.106. The second kappa shape index (κ2) is 4.54. The SMILES string of the molecule is CCOC(=O)c1cccc(F)c1C(=O)O. The van der Waals surface area contributed by atoms with Crippen LogP contribution in [0.1, 0.15) is 27.6 Å². The Balaban J connectivity index is 3.23. The number of ether oxygens (including phenoxy) is 1. The van der Waals surface area contributed by atoms with Gasteiger partial charge in [-0.2, -0.15) is 0 Å². The van der Waals surface area contributed by atoms with Crippen molar-refractivity contribution in [2.45, 2.75) is 6.92 Å². The average molecular weight is 212 g/mol. The van der Waals surface area contributed by atoms with Gasteiger partial charge in [-0.3, -0.25) is 0 Å². The Hall–Kier alpha value is -1.91. The number of carboxylic acids is 1. The number of aromatic carboxylic acids is 1. The number of esters is 1. The Morgan fingerprint density at radius 2 is 2.13 bits per heavy atom. The molecule has 0 saturated carbocycles. The minimum atomic E-state index is -1.49. The zero-order chi connectivity index (χ0) is 11.4. The van der Waals surface area contributed by atoms with E-state index >= 15 is 0 Å². The standard InChI is InChI=1S/C10H9FO4/c1-2-15-10(14)6-4-3-5-7(11)8(6)9(12)13/h3-5H,2H2,1H3,(H,12,13). The largest absolute Gasteiger partial charge is 0.478 e. The predicted octanol–water partition coefficient (Wildman–Crippen LogP) is 1.70. The van der Waals surface area contributed by atoms with Crippen LogP contribution in [0.3, 0.4) is 0 Å². The molecule has 1 rings (SSSR count). The summed E-state index contributed by atoms with van der Waals surface area (Å²) in [5.41, 5.74) is -0.930. The van der Waals surface area contributed by atoms with Gasteiger partial charge in [-0.1, -0.05) is 6.07 Å². The van der Waals surface area contributed by atoms with Crippen molar-refractivity contribution in [3.8, 4) is 0 Å². The molecule has 0 aliphatic carbocycles. The highest BCUT2D eigenvalue weighted by molar-refractivity contribution is 6.02. The fourth-order valence-corrected chi connectivity index (χ4v) is 1.12. The van der Waals surface area contributed by atoms with E-state index < -0.39 is 23.3 Å². The summed E-state index contributed by atoms with van der Waals surface area (Å²) in [6.07, 6.45) is 0. The first kappa shape index (κ1) is 11.2. The van der Waals surface area contributed by atoms with Crippen molar-refractivity contribution >= 4 is 11.9 Å². The highest BCUT2D eigenvalue weighted by Crippen LogP contribution is 2.14. The summed E-state index contributed by atoms with van der Waals surface area (Å²) in [6, 6.07) is 3.45. The number of hydrogen-bond donors (Lipinski definition) is 1. The average Bonchev–Trinajstić information content (AvgIpc) is 2.17. The van der Waals surface area contributed by atoms with E-state index in [1.54, 1.807) is 6.92 Å². The van der Waals surface area contributed by atoms with Crippen LogP contribution in [0, 0.1) is 5.82 Å². The summed E-state index contributed by atoms with van der Waals surface area (Å²) < 4.78 is 17.7. The Morgan fingerprint density at radius 1 is 1.47 bits per heavy atom. The lowest BCUT2D eigenvalue weighted by Gasteiger charge is -2.05. The van der Waals surface area contributed by atoms with Gasteiger partial charge in [0.2, 0.25) is 0 Å². The quantitative estimate of drug-likeness (QED) is 0.774. The molecular weight excluding hydrogens is 203 g/mol. The first-order chi connectivity index (χ1) is 7.07. The van der Waals surface area contributed by atoms with E-state index in [0.717, 1.165) is 6.07 Å². The second-order valence-electron chi connectivity index (χ2n) is 2.69. The van der Waals surface area contributed by atoms with Gasteiger partial charge in [0.1, 0.15) is 11.4 Å². The highest BCUT2D eigenvalue weighted by Gasteiger charge is 2.21. The van der Waals surface area contributed by atoms with Crippen LogP contribution in [0.5, 0.6) is 0 Å². The summed E-state index contributed by atoms with van der Waals surface area (Å²) in [5, 5.41) is 8.72. The molecule has 0 aliphatic heterocycles. The number of halogens is 1. The zero-order valence-electron chi connectivity index (χ0n) is 7.99.